The van der Waals surface area contributed by atoms with Crippen molar-refractivity contribution < 1.29 is 9.47 Å². The summed E-state index contributed by atoms with van der Waals surface area (Å²) in [6.07, 6.45) is 3.94. The second-order valence-electron chi connectivity index (χ2n) is 5.04. The summed E-state index contributed by atoms with van der Waals surface area (Å²) in [5.41, 5.74) is 9.47. The first-order chi connectivity index (χ1) is 8.70. The molecule has 1 atom stereocenters. The molecule has 3 nitrogen and oxygen atoms in total. The number of benzene rings is 1. The molecule has 2 aliphatic heterocycles. The first-order valence-electron chi connectivity index (χ1n) is 6.58. The van der Waals surface area contributed by atoms with E-state index in [0.717, 1.165) is 72.1 Å². The molecule has 0 aromatic heterocycles. The van der Waals surface area contributed by atoms with Gasteiger partial charge >= 0.3 is 0 Å². The Kier molecular flexibility index (Phi) is 3.12. The van der Waals surface area contributed by atoms with E-state index in [2.05, 4.69) is 0 Å². The predicted molar refractivity (Wildman–Crippen MR) is 71.7 cm³/mol. The summed E-state index contributed by atoms with van der Waals surface area (Å²) in [4.78, 5) is 0. The lowest BCUT2D eigenvalue weighted by Crippen LogP contribution is -2.21. The Balaban J connectivity index is 2.27. The van der Waals surface area contributed by atoms with Crippen LogP contribution in [0.2, 0.25) is 5.02 Å². The van der Waals surface area contributed by atoms with Gasteiger partial charge in [-0.3, -0.25) is 0 Å². The number of hydrogen-bond donors (Lipinski definition) is 1. The summed E-state index contributed by atoms with van der Waals surface area (Å²) in [5.74, 6) is 1.77. The highest BCUT2D eigenvalue weighted by Gasteiger charge is 2.29. The van der Waals surface area contributed by atoms with Crippen molar-refractivity contribution in [1.29, 1.82) is 0 Å². The van der Waals surface area contributed by atoms with Crippen molar-refractivity contribution in [3.05, 3.63) is 21.7 Å². The highest BCUT2D eigenvalue weighted by Crippen LogP contribution is 2.47. The fourth-order valence-corrected chi connectivity index (χ4v) is 3.25. The molecule has 0 saturated carbocycles. The molecule has 3 rings (SSSR count). The van der Waals surface area contributed by atoms with Crippen LogP contribution in [0.4, 0.5) is 0 Å². The third-order valence-corrected chi connectivity index (χ3v) is 4.07. The van der Waals surface area contributed by atoms with Gasteiger partial charge in [0.05, 0.1) is 18.2 Å². The Hall–Kier alpha value is -0.930. The summed E-state index contributed by atoms with van der Waals surface area (Å²) < 4.78 is 11.6. The molecule has 0 saturated heterocycles. The predicted octanol–water partition coefficient (Wildman–Crippen LogP) is 3.01. The molecule has 0 bridgehead atoms. The van der Waals surface area contributed by atoms with E-state index in [0.29, 0.717) is 0 Å². The van der Waals surface area contributed by atoms with Crippen molar-refractivity contribution in [3.63, 3.8) is 0 Å². The van der Waals surface area contributed by atoms with E-state index >= 15 is 0 Å². The summed E-state index contributed by atoms with van der Waals surface area (Å²) in [6, 6.07) is -0.0513. The molecule has 0 amide bonds. The number of hydrogen-bond acceptors (Lipinski definition) is 3. The molecule has 2 aliphatic rings. The molecule has 0 fully saturated rings. The van der Waals surface area contributed by atoms with E-state index in [1.54, 1.807) is 0 Å². The molecule has 0 aliphatic carbocycles. The van der Waals surface area contributed by atoms with Gasteiger partial charge in [0.1, 0.15) is 11.5 Å². The van der Waals surface area contributed by atoms with E-state index in [1.165, 1.54) is 0 Å². The van der Waals surface area contributed by atoms with Crippen LogP contribution in [0.3, 0.4) is 0 Å². The monoisotopic (exact) mass is 267 g/mol. The third-order valence-electron chi connectivity index (χ3n) is 3.67. The Morgan fingerprint density at radius 2 is 1.67 bits per heavy atom. The van der Waals surface area contributed by atoms with Crippen LogP contribution in [0.1, 0.15) is 42.5 Å². The zero-order valence-electron chi connectivity index (χ0n) is 10.6. The van der Waals surface area contributed by atoms with Crippen LogP contribution >= 0.6 is 11.6 Å². The highest BCUT2D eigenvalue weighted by atomic mass is 35.5. The van der Waals surface area contributed by atoms with Crippen molar-refractivity contribution in [2.24, 2.45) is 5.73 Å². The highest BCUT2D eigenvalue weighted by molar-refractivity contribution is 6.33. The molecule has 2 N–H and O–H groups in total. The van der Waals surface area contributed by atoms with Crippen LogP contribution < -0.4 is 15.2 Å². The van der Waals surface area contributed by atoms with Crippen LogP contribution in [0.15, 0.2) is 0 Å². The Morgan fingerprint density at radius 3 is 2.33 bits per heavy atom. The van der Waals surface area contributed by atoms with Crippen LogP contribution in [-0.4, -0.2) is 13.2 Å². The van der Waals surface area contributed by atoms with Crippen LogP contribution in [0.5, 0.6) is 11.5 Å². The lowest BCUT2D eigenvalue weighted by molar-refractivity contribution is 0.268. The van der Waals surface area contributed by atoms with Crippen LogP contribution in [0, 0.1) is 0 Å². The van der Waals surface area contributed by atoms with Gasteiger partial charge in [0.15, 0.2) is 0 Å². The number of ether oxygens (including phenoxy) is 2. The minimum Gasteiger partial charge on any atom is -0.493 e. The Morgan fingerprint density at radius 1 is 1.06 bits per heavy atom. The molecule has 0 radical (unpaired) electrons. The quantitative estimate of drug-likeness (QED) is 0.851. The smallest absolute Gasteiger partial charge is 0.141 e. The Labute approximate surface area is 112 Å². The van der Waals surface area contributed by atoms with Crippen LogP contribution in [0.25, 0.3) is 0 Å². The maximum atomic E-state index is 6.48. The lowest BCUT2D eigenvalue weighted by atomic mass is 9.90. The molecule has 2 heterocycles. The number of fused-ring (bicyclic) bond motifs is 2. The molecule has 1 unspecified atom stereocenters. The maximum absolute atomic E-state index is 6.48. The van der Waals surface area contributed by atoms with Gasteiger partial charge < -0.3 is 15.2 Å². The van der Waals surface area contributed by atoms with Gasteiger partial charge in [0, 0.05) is 22.7 Å². The molecule has 4 heteroatoms. The third kappa shape index (κ3) is 1.77. The van der Waals surface area contributed by atoms with Gasteiger partial charge in [-0.1, -0.05) is 11.6 Å². The molecule has 0 spiro atoms. The van der Waals surface area contributed by atoms with E-state index in [9.17, 15) is 0 Å². The van der Waals surface area contributed by atoms with Crippen LogP contribution in [-0.2, 0) is 12.8 Å². The summed E-state index contributed by atoms with van der Waals surface area (Å²) in [6.45, 7) is 3.49. The van der Waals surface area contributed by atoms with E-state index < -0.39 is 0 Å². The van der Waals surface area contributed by atoms with Crippen molar-refractivity contribution in [1.82, 2.24) is 0 Å². The molecule has 98 valence electrons. The zero-order valence-corrected chi connectivity index (χ0v) is 11.3. The summed E-state index contributed by atoms with van der Waals surface area (Å²) in [7, 11) is 0. The number of nitrogens with two attached hydrogens (primary N) is 1. The largest absolute Gasteiger partial charge is 0.493 e. The average Bonchev–Trinajstić information content (AvgIpc) is 2.39. The second kappa shape index (κ2) is 4.63. The SMILES string of the molecule is CC(N)c1c2c(c(Cl)c3c1OCCC3)OCCC2. The fraction of sp³-hybridized carbons (Fsp3) is 0.571. The van der Waals surface area contributed by atoms with Gasteiger partial charge in [-0.05, 0) is 32.6 Å². The van der Waals surface area contributed by atoms with Gasteiger partial charge in [-0.25, -0.2) is 0 Å². The number of rotatable bonds is 1. The van der Waals surface area contributed by atoms with Gasteiger partial charge in [-0.2, -0.15) is 0 Å². The standard InChI is InChI=1S/C14H18ClNO2/c1-8(16)11-9-4-2-7-18-14(9)12(15)10-5-3-6-17-13(10)11/h8H,2-7,16H2,1H3. The minimum atomic E-state index is -0.0513. The van der Waals surface area contributed by atoms with Gasteiger partial charge in [0.2, 0.25) is 0 Å². The minimum absolute atomic E-state index is 0.0513. The molecule has 1 aromatic carbocycles. The van der Waals surface area contributed by atoms with Gasteiger partial charge in [0.25, 0.3) is 0 Å². The normalized spacial score (nSPS) is 19.3. The molecular formula is C14H18ClNO2. The molecule has 1 aromatic rings. The summed E-state index contributed by atoms with van der Waals surface area (Å²) >= 11 is 6.48. The Bertz CT molecular complexity index is 448. The summed E-state index contributed by atoms with van der Waals surface area (Å²) in [5, 5.41) is 0.740. The zero-order chi connectivity index (χ0) is 12.7. The first-order valence-corrected chi connectivity index (χ1v) is 6.96. The van der Waals surface area contributed by atoms with E-state index in [1.807, 2.05) is 6.92 Å². The van der Waals surface area contributed by atoms with E-state index in [4.69, 9.17) is 26.8 Å². The lowest BCUT2D eigenvalue weighted by Gasteiger charge is -2.30. The van der Waals surface area contributed by atoms with Crippen molar-refractivity contribution >= 4 is 11.6 Å². The maximum Gasteiger partial charge on any atom is 0.141 e. The van der Waals surface area contributed by atoms with Crippen molar-refractivity contribution in [3.8, 4) is 11.5 Å². The fourth-order valence-electron chi connectivity index (χ4n) is 2.91. The van der Waals surface area contributed by atoms with Crippen molar-refractivity contribution in [2.45, 2.75) is 38.6 Å². The average molecular weight is 268 g/mol. The topological polar surface area (TPSA) is 44.5 Å². The second-order valence-corrected chi connectivity index (χ2v) is 5.41. The van der Waals surface area contributed by atoms with Gasteiger partial charge in [-0.15, -0.1) is 0 Å². The first kappa shape index (κ1) is 12.1. The number of halogens is 1. The molecule has 18 heavy (non-hydrogen) atoms. The molecular weight excluding hydrogens is 250 g/mol. The van der Waals surface area contributed by atoms with Crippen molar-refractivity contribution in [2.75, 3.05) is 13.2 Å². The van der Waals surface area contributed by atoms with E-state index in [-0.39, 0.29) is 6.04 Å².